The normalized spacial score (nSPS) is 19.8. The van der Waals surface area contributed by atoms with Gasteiger partial charge >= 0.3 is 6.18 Å². The van der Waals surface area contributed by atoms with E-state index in [1.165, 1.54) is 16.4 Å². The second-order valence-corrected chi connectivity index (χ2v) is 5.44. The molecule has 1 aromatic rings. The summed E-state index contributed by atoms with van der Waals surface area (Å²) in [5.41, 5.74) is -0.721. The van der Waals surface area contributed by atoms with Crippen LogP contribution in [0.15, 0.2) is 24.3 Å². The predicted octanol–water partition coefficient (Wildman–Crippen LogP) is 2.34. The van der Waals surface area contributed by atoms with Gasteiger partial charge in [0.1, 0.15) is 11.9 Å². The molecule has 112 valence electrons. The Morgan fingerprint density at radius 1 is 1.20 bits per heavy atom. The highest BCUT2D eigenvalue weighted by atomic mass is 32.2. The Kier molecular flexibility index (Phi) is 4.66. The van der Waals surface area contributed by atoms with Crippen molar-refractivity contribution in [1.29, 1.82) is 0 Å². The number of hydrogen-bond donors (Lipinski definition) is 0. The maximum Gasteiger partial charge on any atom is 0.416 e. The maximum atomic E-state index is 12.4. The fourth-order valence-electron chi connectivity index (χ4n) is 2.01. The van der Waals surface area contributed by atoms with Gasteiger partial charge in [-0.1, -0.05) is 0 Å². The number of benzene rings is 1. The topological polar surface area (TPSA) is 52.6 Å². The summed E-state index contributed by atoms with van der Waals surface area (Å²) < 4.78 is 65.5. The lowest BCUT2D eigenvalue weighted by atomic mass is 10.1. The first kappa shape index (κ1) is 15.3. The van der Waals surface area contributed by atoms with Gasteiger partial charge in [0, 0.05) is 24.4 Å². The number of halogens is 3. The van der Waals surface area contributed by atoms with E-state index in [9.17, 15) is 21.9 Å². The Bertz CT molecular complexity index is 470. The van der Waals surface area contributed by atoms with E-state index in [0.717, 1.165) is 12.1 Å². The van der Waals surface area contributed by atoms with E-state index >= 15 is 0 Å². The van der Waals surface area contributed by atoms with Crippen molar-refractivity contribution in [3.05, 3.63) is 29.8 Å². The van der Waals surface area contributed by atoms with Crippen molar-refractivity contribution in [1.82, 2.24) is 4.31 Å². The first-order valence-corrected chi connectivity index (χ1v) is 7.07. The average Bonchev–Trinajstić information content (AvgIpc) is 2.39. The van der Waals surface area contributed by atoms with Crippen molar-refractivity contribution >= 4 is 11.3 Å². The SMILES string of the molecule is O=S([O-])N1CCC(Oc2ccc(C(F)(F)F)cc2)CC1. The zero-order valence-electron chi connectivity index (χ0n) is 10.4. The van der Waals surface area contributed by atoms with E-state index in [4.69, 9.17) is 4.74 Å². The molecule has 20 heavy (non-hydrogen) atoms. The highest BCUT2D eigenvalue weighted by Crippen LogP contribution is 2.30. The molecule has 1 atom stereocenters. The lowest BCUT2D eigenvalue weighted by Crippen LogP contribution is -2.39. The Labute approximate surface area is 116 Å². The van der Waals surface area contributed by atoms with Crippen molar-refractivity contribution < 1.29 is 26.7 Å². The summed E-state index contributed by atoms with van der Waals surface area (Å²) in [5, 5.41) is 0. The smallest absolute Gasteiger partial charge is 0.416 e. The third-order valence-electron chi connectivity index (χ3n) is 3.10. The van der Waals surface area contributed by atoms with Crippen LogP contribution in [0.4, 0.5) is 13.2 Å². The molecule has 0 aromatic heterocycles. The molecule has 0 spiro atoms. The largest absolute Gasteiger partial charge is 0.760 e. The van der Waals surface area contributed by atoms with Gasteiger partial charge in [0.25, 0.3) is 0 Å². The lowest BCUT2D eigenvalue weighted by Gasteiger charge is -2.32. The maximum absolute atomic E-state index is 12.4. The molecule has 1 unspecified atom stereocenters. The summed E-state index contributed by atoms with van der Waals surface area (Å²) in [5.74, 6) is 0.361. The first-order valence-electron chi connectivity index (χ1n) is 6.04. The molecule has 1 aromatic carbocycles. The van der Waals surface area contributed by atoms with Crippen LogP contribution in [-0.4, -0.2) is 32.3 Å². The molecule has 1 saturated heterocycles. The standard InChI is InChI=1S/C12H14F3NO3S/c13-12(14,15)9-1-3-10(4-2-9)19-11-5-7-16(8-6-11)20(17)18/h1-4,11H,5-8H2,(H,17,18)/p-1. The fraction of sp³-hybridized carbons (Fsp3) is 0.500. The number of nitrogens with zero attached hydrogens (tertiary/aromatic N) is 1. The Morgan fingerprint density at radius 3 is 2.20 bits per heavy atom. The lowest BCUT2D eigenvalue weighted by molar-refractivity contribution is -0.137. The van der Waals surface area contributed by atoms with Gasteiger partial charge in [-0.15, -0.1) is 0 Å². The molecule has 0 bridgehead atoms. The van der Waals surface area contributed by atoms with Crippen molar-refractivity contribution in [3.63, 3.8) is 0 Å². The van der Waals surface area contributed by atoms with E-state index in [0.29, 0.717) is 31.7 Å². The van der Waals surface area contributed by atoms with Gasteiger partial charge in [0.05, 0.1) is 5.56 Å². The van der Waals surface area contributed by atoms with Gasteiger partial charge in [0.15, 0.2) is 0 Å². The summed E-state index contributed by atoms with van der Waals surface area (Å²) in [6.07, 6.45) is -3.49. The molecule has 0 amide bonds. The number of ether oxygens (including phenoxy) is 1. The van der Waals surface area contributed by atoms with Crippen LogP contribution < -0.4 is 4.74 Å². The molecule has 1 fully saturated rings. The number of hydrogen-bond acceptors (Lipinski definition) is 3. The van der Waals surface area contributed by atoms with Gasteiger partial charge in [0.2, 0.25) is 0 Å². The van der Waals surface area contributed by atoms with Crippen molar-refractivity contribution in [2.45, 2.75) is 25.1 Å². The van der Waals surface area contributed by atoms with E-state index in [2.05, 4.69) is 0 Å². The third kappa shape index (κ3) is 3.94. The molecule has 2 rings (SSSR count). The molecule has 0 N–H and O–H groups in total. The molecular formula is C12H13F3NO3S-. The second kappa shape index (κ2) is 6.11. The number of piperidine rings is 1. The first-order chi connectivity index (χ1) is 9.36. The molecule has 1 heterocycles. The van der Waals surface area contributed by atoms with Crippen LogP contribution in [0.25, 0.3) is 0 Å². The molecule has 0 saturated carbocycles. The highest BCUT2D eigenvalue weighted by molar-refractivity contribution is 7.76. The Morgan fingerprint density at radius 2 is 1.75 bits per heavy atom. The molecule has 4 nitrogen and oxygen atoms in total. The van der Waals surface area contributed by atoms with Crippen molar-refractivity contribution in [3.8, 4) is 5.75 Å². The summed E-state index contributed by atoms with van der Waals surface area (Å²) in [4.78, 5) is 0. The minimum absolute atomic E-state index is 0.175. The molecule has 0 aliphatic carbocycles. The fourth-order valence-corrected chi connectivity index (χ4v) is 2.52. The van der Waals surface area contributed by atoms with Crippen molar-refractivity contribution in [2.75, 3.05) is 13.1 Å². The molecule has 8 heteroatoms. The van der Waals surface area contributed by atoms with E-state index in [1.807, 2.05) is 0 Å². The van der Waals surface area contributed by atoms with Crippen molar-refractivity contribution in [2.24, 2.45) is 0 Å². The Hall–Kier alpha value is -1.12. The second-order valence-electron chi connectivity index (χ2n) is 4.49. The summed E-state index contributed by atoms with van der Waals surface area (Å²) >= 11 is -2.22. The van der Waals surface area contributed by atoms with Crippen LogP contribution in [0.5, 0.6) is 5.75 Å². The summed E-state index contributed by atoms with van der Waals surface area (Å²) in [6, 6.07) is 4.50. The van der Waals surface area contributed by atoms with Crippen LogP contribution >= 0.6 is 0 Å². The van der Waals surface area contributed by atoms with Crippen LogP contribution in [0, 0.1) is 0 Å². The van der Waals surface area contributed by atoms with E-state index in [-0.39, 0.29) is 6.10 Å². The third-order valence-corrected chi connectivity index (χ3v) is 3.88. The van der Waals surface area contributed by atoms with Gasteiger partial charge in [-0.05, 0) is 37.1 Å². The zero-order chi connectivity index (χ0) is 14.8. The highest BCUT2D eigenvalue weighted by Gasteiger charge is 2.30. The minimum Gasteiger partial charge on any atom is -0.760 e. The van der Waals surface area contributed by atoms with Gasteiger partial charge < -0.3 is 9.29 Å². The Balaban J connectivity index is 1.90. The molecule has 0 radical (unpaired) electrons. The molecule has 1 aliphatic heterocycles. The van der Waals surface area contributed by atoms with Crippen LogP contribution in [0.3, 0.4) is 0 Å². The minimum atomic E-state index is -4.36. The molecular weight excluding hydrogens is 295 g/mol. The van der Waals surface area contributed by atoms with Crippen LogP contribution in [-0.2, 0) is 17.4 Å². The van der Waals surface area contributed by atoms with Crippen LogP contribution in [0.1, 0.15) is 18.4 Å². The zero-order valence-corrected chi connectivity index (χ0v) is 11.2. The van der Waals surface area contributed by atoms with E-state index in [1.54, 1.807) is 0 Å². The average molecular weight is 308 g/mol. The van der Waals surface area contributed by atoms with E-state index < -0.39 is 23.0 Å². The summed E-state index contributed by atoms with van der Waals surface area (Å²) in [7, 11) is 0. The summed E-state index contributed by atoms with van der Waals surface area (Å²) in [6.45, 7) is 0.725. The quantitative estimate of drug-likeness (QED) is 0.805. The van der Waals surface area contributed by atoms with Crippen LogP contribution in [0.2, 0.25) is 0 Å². The van der Waals surface area contributed by atoms with Gasteiger partial charge in [-0.3, -0.25) is 4.21 Å². The van der Waals surface area contributed by atoms with Gasteiger partial charge in [-0.25, -0.2) is 4.31 Å². The molecule has 1 aliphatic rings. The number of alkyl halides is 3. The van der Waals surface area contributed by atoms with Gasteiger partial charge in [-0.2, -0.15) is 13.2 Å². The number of rotatable bonds is 3. The predicted molar refractivity (Wildman–Crippen MR) is 65.6 cm³/mol. The monoisotopic (exact) mass is 308 g/mol.